The number of aliphatic hydroxyl groups excluding tert-OH is 1. The Morgan fingerprint density at radius 1 is 1.29 bits per heavy atom. The highest BCUT2D eigenvalue weighted by molar-refractivity contribution is 5.29. The predicted octanol–water partition coefficient (Wildman–Crippen LogP) is 2.45. The van der Waals surface area contributed by atoms with Gasteiger partial charge in [-0.2, -0.15) is 0 Å². The lowest BCUT2D eigenvalue weighted by molar-refractivity contribution is 0.0786. The summed E-state index contributed by atoms with van der Waals surface area (Å²) in [6, 6.07) is 8.70. The molecule has 17 heavy (non-hydrogen) atoms. The fourth-order valence-electron chi connectivity index (χ4n) is 2.50. The van der Waals surface area contributed by atoms with Gasteiger partial charge < -0.3 is 5.11 Å². The highest BCUT2D eigenvalue weighted by atomic mass is 16.3. The first-order valence-corrected chi connectivity index (χ1v) is 6.57. The molecule has 2 heteroatoms. The van der Waals surface area contributed by atoms with Crippen LogP contribution < -0.4 is 0 Å². The second-order valence-corrected chi connectivity index (χ2v) is 5.55. The molecule has 0 spiro atoms. The molecule has 1 atom stereocenters. The summed E-state index contributed by atoms with van der Waals surface area (Å²) in [5, 5.41) is 9.48. The molecule has 2 rings (SSSR count). The van der Waals surface area contributed by atoms with Crippen LogP contribution in [0.1, 0.15) is 31.4 Å². The summed E-state index contributed by atoms with van der Waals surface area (Å²) in [5.74, 6) is 0. The summed E-state index contributed by atoms with van der Waals surface area (Å²) in [6.45, 7) is 7.76. The highest BCUT2D eigenvalue weighted by Gasteiger charge is 2.26. The SMILES string of the molecule is CCC(C)(CO)CN1CCc2ccccc2C1. The average molecular weight is 233 g/mol. The molecule has 1 aliphatic heterocycles. The van der Waals surface area contributed by atoms with Crippen molar-refractivity contribution < 1.29 is 5.11 Å². The Morgan fingerprint density at radius 2 is 2.00 bits per heavy atom. The molecular weight excluding hydrogens is 210 g/mol. The van der Waals surface area contributed by atoms with Crippen LogP contribution in [0.3, 0.4) is 0 Å². The number of hydrogen-bond acceptors (Lipinski definition) is 2. The fraction of sp³-hybridized carbons (Fsp3) is 0.600. The van der Waals surface area contributed by atoms with Crippen molar-refractivity contribution in [3.05, 3.63) is 35.4 Å². The van der Waals surface area contributed by atoms with E-state index in [4.69, 9.17) is 0 Å². The van der Waals surface area contributed by atoms with Crippen LogP contribution in [-0.4, -0.2) is 29.7 Å². The van der Waals surface area contributed by atoms with Crippen LogP contribution >= 0.6 is 0 Å². The smallest absolute Gasteiger partial charge is 0.0496 e. The van der Waals surface area contributed by atoms with E-state index in [9.17, 15) is 5.11 Å². The second kappa shape index (κ2) is 5.19. The number of benzene rings is 1. The van der Waals surface area contributed by atoms with E-state index in [1.807, 2.05) is 0 Å². The molecule has 0 fully saturated rings. The molecule has 0 amide bonds. The Hall–Kier alpha value is -0.860. The van der Waals surface area contributed by atoms with Crippen molar-refractivity contribution in [1.82, 2.24) is 4.90 Å². The third-order valence-corrected chi connectivity index (χ3v) is 4.05. The minimum absolute atomic E-state index is 0.0479. The normalized spacial score (nSPS) is 19.7. The van der Waals surface area contributed by atoms with Crippen LogP contribution in [-0.2, 0) is 13.0 Å². The van der Waals surface area contributed by atoms with Crippen LogP contribution in [0.4, 0.5) is 0 Å². The summed E-state index contributed by atoms with van der Waals surface area (Å²) in [6.07, 6.45) is 2.17. The number of hydrogen-bond donors (Lipinski definition) is 1. The van der Waals surface area contributed by atoms with E-state index in [-0.39, 0.29) is 12.0 Å². The molecule has 0 saturated heterocycles. The third-order valence-electron chi connectivity index (χ3n) is 4.05. The predicted molar refractivity (Wildman–Crippen MR) is 70.9 cm³/mol. The maximum absolute atomic E-state index is 9.48. The number of nitrogens with zero attached hydrogens (tertiary/aromatic N) is 1. The number of fused-ring (bicyclic) bond motifs is 1. The van der Waals surface area contributed by atoms with Crippen molar-refractivity contribution >= 4 is 0 Å². The van der Waals surface area contributed by atoms with Crippen LogP contribution in [0.15, 0.2) is 24.3 Å². The molecule has 1 aromatic rings. The molecule has 1 aliphatic rings. The van der Waals surface area contributed by atoms with Crippen molar-refractivity contribution in [2.24, 2.45) is 5.41 Å². The average Bonchev–Trinajstić information content (AvgIpc) is 2.38. The molecule has 0 aromatic heterocycles. The third kappa shape index (κ3) is 2.88. The van der Waals surface area contributed by atoms with Crippen molar-refractivity contribution in [3.63, 3.8) is 0 Å². The lowest BCUT2D eigenvalue weighted by atomic mass is 9.87. The molecule has 94 valence electrons. The molecule has 2 nitrogen and oxygen atoms in total. The maximum atomic E-state index is 9.48. The van der Waals surface area contributed by atoms with Crippen LogP contribution in [0.5, 0.6) is 0 Å². The highest BCUT2D eigenvalue weighted by Crippen LogP contribution is 2.25. The first-order valence-electron chi connectivity index (χ1n) is 6.57. The zero-order valence-electron chi connectivity index (χ0n) is 10.9. The zero-order chi connectivity index (χ0) is 12.3. The maximum Gasteiger partial charge on any atom is 0.0496 e. The molecule has 1 N–H and O–H groups in total. The van der Waals surface area contributed by atoms with Gasteiger partial charge in [-0.05, 0) is 24.0 Å². The van der Waals surface area contributed by atoms with Gasteiger partial charge in [-0.3, -0.25) is 4.90 Å². The molecule has 0 saturated carbocycles. The van der Waals surface area contributed by atoms with Crippen LogP contribution in [0.25, 0.3) is 0 Å². The minimum Gasteiger partial charge on any atom is -0.396 e. The zero-order valence-corrected chi connectivity index (χ0v) is 10.9. The van der Waals surface area contributed by atoms with E-state index in [1.165, 1.54) is 11.1 Å². The Bertz CT molecular complexity index is 371. The molecular formula is C15H23NO. The Balaban J connectivity index is 2.03. The van der Waals surface area contributed by atoms with Crippen LogP contribution in [0.2, 0.25) is 0 Å². The fourth-order valence-corrected chi connectivity index (χ4v) is 2.50. The van der Waals surface area contributed by atoms with Gasteiger partial charge >= 0.3 is 0 Å². The van der Waals surface area contributed by atoms with E-state index < -0.39 is 0 Å². The van der Waals surface area contributed by atoms with Gasteiger partial charge in [-0.25, -0.2) is 0 Å². The number of rotatable bonds is 4. The largest absolute Gasteiger partial charge is 0.396 e. The quantitative estimate of drug-likeness (QED) is 0.863. The Labute approximate surface area is 104 Å². The first kappa shape index (κ1) is 12.6. The van der Waals surface area contributed by atoms with Gasteiger partial charge in [0.25, 0.3) is 0 Å². The van der Waals surface area contributed by atoms with Gasteiger partial charge in [0.2, 0.25) is 0 Å². The van der Waals surface area contributed by atoms with Gasteiger partial charge in [0.05, 0.1) is 0 Å². The minimum atomic E-state index is 0.0479. The molecule has 1 heterocycles. The first-order chi connectivity index (χ1) is 8.17. The van der Waals surface area contributed by atoms with E-state index in [0.717, 1.165) is 32.5 Å². The molecule has 1 unspecified atom stereocenters. The van der Waals surface area contributed by atoms with Gasteiger partial charge in [-0.15, -0.1) is 0 Å². The summed E-state index contributed by atoms with van der Waals surface area (Å²) in [4.78, 5) is 2.47. The summed E-state index contributed by atoms with van der Waals surface area (Å²) in [5.41, 5.74) is 2.99. The molecule has 1 aromatic carbocycles. The second-order valence-electron chi connectivity index (χ2n) is 5.55. The van der Waals surface area contributed by atoms with Gasteiger partial charge in [-0.1, -0.05) is 38.1 Å². The summed E-state index contributed by atoms with van der Waals surface area (Å²) >= 11 is 0. The lowest BCUT2D eigenvalue weighted by Gasteiger charge is -2.36. The van der Waals surface area contributed by atoms with Gasteiger partial charge in [0.15, 0.2) is 0 Å². The van der Waals surface area contributed by atoms with E-state index in [2.05, 4.69) is 43.0 Å². The number of aliphatic hydroxyl groups is 1. The summed E-state index contributed by atoms with van der Waals surface area (Å²) in [7, 11) is 0. The molecule has 0 aliphatic carbocycles. The Morgan fingerprint density at radius 3 is 2.65 bits per heavy atom. The van der Waals surface area contributed by atoms with Gasteiger partial charge in [0.1, 0.15) is 0 Å². The van der Waals surface area contributed by atoms with Crippen LogP contribution in [0, 0.1) is 5.41 Å². The molecule has 0 bridgehead atoms. The van der Waals surface area contributed by atoms with E-state index in [1.54, 1.807) is 0 Å². The van der Waals surface area contributed by atoms with Crippen molar-refractivity contribution in [3.8, 4) is 0 Å². The topological polar surface area (TPSA) is 23.5 Å². The summed E-state index contributed by atoms with van der Waals surface area (Å²) < 4.78 is 0. The van der Waals surface area contributed by atoms with E-state index in [0.29, 0.717) is 0 Å². The van der Waals surface area contributed by atoms with Crippen molar-refractivity contribution in [1.29, 1.82) is 0 Å². The molecule has 0 radical (unpaired) electrons. The standard InChI is InChI=1S/C15H23NO/c1-3-15(2,12-17)11-16-9-8-13-6-4-5-7-14(13)10-16/h4-7,17H,3,8-12H2,1-2H3. The Kier molecular flexibility index (Phi) is 3.85. The van der Waals surface area contributed by atoms with Gasteiger partial charge in [0, 0.05) is 31.7 Å². The lowest BCUT2D eigenvalue weighted by Crippen LogP contribution is -2.40. The van der Waals surface area contributed by atoms with Crippen molar-refractivity contribution in [2.75, 3.05) is 19.7 Å². The van der Waals surface area contributed by atoms with Crippen molar-refractivity contribution in [2.45, 2.75) is 33.2 Å². The van der Waals surface area contributed by atoms with E-state index >= 15 is 0 Å². The monoisotopic (exact) mass is 233 g/mol.